The van der Waals surface area contributed by atoms with Gasteiger partial charge in [0.1, 0.15) is 45.1 Å². The number of anilines is 5. The average molecular weight is 1560 g/mol. The van der Waals surface area contributed by atoms with E-state index >= 15 is 0 Å². The molecule has 0 saturated heterocycles. The SMILES string of the molecule is CCC1(C(=O)C(Oc2ccc(C)cc2)C(=O)Nc2cc(OC)ccc2OC)CC1.CNC(=O)Nc1ccccc1S(=O)(=O)Nc1cc(C)c(O)c(C(=O)N(C)C)c1.Cc1ccc(OCCCNC(=O)c2ccc(Oc3c(Oc4cccc(NS(C)(=O)=O)c4)nn4[nH]c(-c5ccc(NS(C)(=O)=O)cc5)nc34)cc2)c(C)c1. The highest BCUT2D eigenvalue weighted by atomic mass is 32.2. The van der Waals surface area contributed by atoms with Crippen molar-refractivity contribution in [1.29, 1.82) is 0 Å². The minimum atomic E-state index is -4.09. The molecule has 580 valence electrons. The molecule has 1 aliphatic carbocycles. The van der Waals surface area contributed by atoms with Crippen molar-refractivity contribution in [3.05, 3.63) is 203 Å². The van der Waals surface area contributed by atoms with Gasteiger partial charge in [-0.15, -0.1) is 9.73 Å². The number of nitrogens with zero attached hydrogens (tertiary/aromatic N) is 4. The summed E-state index contributed by atoms with van der Waals surface area (Å²) in [6, 6.07) is 45.8. The second-order valence-corrected chi connectivity index (χ2v) is 31.0. The molecule has 1 saturated carbocycles. The molecular formula is C77H86N12O18S3. The molecule has 2 heterocycles. The van der Waals surface area contributed by atoms with Gasteiger partial charge in [-0.25, -0.2) is 35.0 Å². The zero-order valence-corrected chi connectivity index (χ0v) is 64.8. The second kappa shape index (κ2) is 35.6. The fraction of sp³-hybridized carbons (Fsp3) is 0.260. The first-order chi connectivity index (χ1) is 52.2. The molecule has 2 aromatic heterocycles. The molecule has 110 heavy (non-hydrogen) atoms. The molecule has 9 N–H and O–H groups in total. The van der Waals surface area contributed by atoms with Crippen LogP contribution < -0.4 is 63.9 Å². The number of benzene rings is 8. The number of para-hydroxylation sites is 1. The number of carbonyl (C=O) groups excluding carboxylic acids is 5. The number of ether oxygens (including phenoxy) is 6. The fourth-order valence-corrected chi connectivity index (χ4v) is 13.3. The highest BCUT2D eigenvalue weighted by molar-refractivity contribution is 7.93. The zero-order chi connectivity index (χ0) is 79.8. The van der Waals surface area contributed by atoms with Gasteiger partial charge in [-0.2, -0.15) is 0 Å². The van der Waals surface area contributed by atoms with Gasteiger partial charge in [-0.05, 0) is 180 Å². The van der Waals surface area contributed by atoms with Crippen LogP contribution >= 0.6 is 0 Å². The maximum absolute atomic E-state index is 13.2. The number of H-pyrrole nitrogens is 1. The van der Waals surface area contributed by atoms with E-state index < -0.39 is 59.4 Å². The number of hydrogen-bond acceptors (Lipinski definition) is 20. The molecule has 0 radical (unpaired) electrons. The summed E-state index contributed by atoms with van der Waals surface area (Å²) in [6.07, 6.45) is 3.75. The Bertz CT molecular complexity index is 5360. The number of phenols is 1. The second-order valence-electron chi connectivity index (χ2n) is 25.8. The Morgan fingerprint density at radius 1 is 0.645 bits per heavy atom. The van der Waals surface area contributed by atoms with Crippen LogP contribution in [-0.4, -0.2) is 152 Å². The number of aromatic nitrogens is 4. The Labute approximate surface area is 637 Å². The maximum atomic E-state index is 13.2. The number of methoxy groups -OCH3 is 2. The first-order valence-electron chi connectivity index (χ1n) is 34.2. The summed E-state index contributed by atoms with van der Waals surface area (Å²) in [7, 11) is -3.56. The number of urea groups is 1. The predicted molar refractivity (Wildman–Crippen MR) is 418 cm³/mol. The molecule has 1 unspecified atom stereocenters. The van der Waals surface area contributed by atoms with Gasteiger partial charge in [0.15, 0.2) is 11.6 Å². The van der Waals surface area contributed by atoms with Gasteiger partial charge in [0, 0.05) is 62.0 Å². The van der Waals surface area contributed by atoms with Crippen molar-refractivity contribution in [1.82, 2.24) is 35.3 Å². The van der Waals surface area contributed by atoms with E-state index in [4.69, 9.17) is 28.4 Å². The lowest BCUT2D eigenvalue weighted by Gasteiger charge is -2.22. The quantitative estimate of drug-likeness (QED) is 0.0119. The van der Waals surface area contributed by atoms with Crippen molar-refractivity contribution in [2.75, 3.05) is 85.8 Å². The predicted octanol–water partition coefficient (Wildman–Crippen LogP) is 12.0. The Morgan fingerprint density at radius 2 is 1.30 bits per heavy atom. The van der Waals surface area contributed by atoms with Crippen LogP contribution in [0.15, 0.2) is 175 Å². The standard InChI is InChI=1S/C36H37N7O8S2.C23H27NO5.C18H22N4O5S/c1-23-9-18-31(24(2)21-23)49-20-6-19-37-35(44)26-12-16-29(17-13-26)50-32-34-38-33(25-10-14-27(15-11-25)41-52(3,45)46)39-43(34)40-36(32)51-30-8-5-7-28(22-30)42-53(4,47)48;1-5-23(12-13-23)21(25)20(29-16-8-6-15(2)7-9-16)22(26)24-18-14-17(27-3)10-11-19(18)28-4;1-11-9-12(10-13(16(11)23)17(24)22(3)4)21-28(26,27)15-8-6-5-7-14(15)20-18(25)19-2/h5,7-18,21-22,41-42H,6,19-20H2,1-4H3,(H,37,44)(H,38,39);6-11,14,20H,5,12-13H2,1-4H3,(H,24,26);5-10,21,23H,1-4H3,(H2,19,20,25). The van der Waals surface area contributed by atoms with Crippen LogP contribution in [0.1, 0.15) is 75.6 Å². The minimum absolute atomic E-state index is 0.0179. The molecule has 10 aromatic rings. The number of hydrogen-bond donors (Lipinski definition) is 9. The number of amides is 5. The number of aromatic amines is 1. The van der Waals surface area contributed by atoms with E-state index in [2.05, 4.69) is 56.7 Å². The number of Topliss-reactive ketones (excluding diaryl/α,β-unsaturated/α-hetero) is 1. The Kier molecular flexibility index (Phi) is 26.4. The summed E-state index contributed by atoms with van der Waals surface area (Å²) in [5.41, 5.74) is 5.74. The summed E-state index contributed by atoms with van der Waals surface area (Å²) in [5, 5.41) is 28.2. The Hall–Kier alpha value is -12.4. The number of carbonyl (C=O) groups is 5. The largest absolute Gasteiger partial charge is 0.507 e. The van der Waals surface area contributed by atoms with E-state index in [9.17, 15) is 54.3 Å². The number of rotatable bonds is 29. The highest BCUT2D eigenvalue weighted by Gasteiger charge is 2.53. The topological polar surface area (TPSA) is 397 Å². The van der Waals surface area contributed by atoms with Crippen LogP contribution in [0.25, 0.3) is 17.0 Å². The molecular weight excluding hydrogens is 1480 g/mol. The smallest absolute Gasteiger partial charge is 0.319 e. The third-order valence-corrected chi connectivity index (χ3v) is 19.5. The van der Waals surface area contributed by atoms with Crippen LogP contribution in [0, 0.1) is 33.1 Å². The van der Waals surface area contributed by atoms with Gasteiger partial charge in [0.2, 0.25) is 37.5 Å². The van der Waals surface area contributed by atoms with E-state index in [1.807, 2.05) is 52.0 Å². The van der Waals surface area contributed by atoms with Gasteiger partial charge in [0.25, 0.3) is 33.6 Å². The van der Waals surface area contributed by atoms with Crippen LogP contribution in [0.2, 0.25) is 0 Å². The van der Waals surface area contributed by atoms with Crippen molar-refractivity contribution < 1.29 is 82.8 Å². The van der Waals surface area contributed by atoms with Gasteiger partial charge in [-0.1, -0.05) is 60.5 Å². The normalized spacial score (nSPS) is 12.4. The van der Waals surface area contributed by atoms with Gasteiger partial charge in [-0.3, -0.25) is 38.4 Å². The number of aromatic hydroxyl groups is 1. The third kappa shape index (κ3) is 21.9. The van der Waals surface area contributed by atoms with Crippen LogP contribution in [0.4, 0.5) is 33.2 Å². The molecule has 8 aromatic carbocycles. The summed E-state index contributed by atoms with van der Waals surface area (Å²) in [6.45, 7) is 10.4. The number of phenolic OH excluding ortho intramolecular Hbond substituents is 1. The summed E-state index contributed by atoms with van der Waals surface area (Å²) in [4.78, 5) is 68.8. The molecule has 5 amide bonds. The molecule has 0 aliphatic heterocycles. The van der Waals surface area contributed by atoms with Crippen molar-refractivity contribution in [2.24, 2.45) is 5.41 Å². The summed E-state index contributed by atoms with van der Waals surface area (Å²) >= 11 is 0. The van der Waals surface area contributed by atoms with E-state index in [0.717, 1.165) is 42.2 Å². The van der Waals surface area contributed by atoms with Crippen molar-refractivity contribution >= 4 is 93.7 Å². The molecule has 0 spiro atoms. The molecule has 0 bridgehead atoms. The van der Waals surface area contributed by atoms with E-state index in [1.165, 1.54) is 79.7 Å². The number of nitrogens with one attached hydrogen (secondary N) is 8. The number of sulfonamides is 3. The van der Waals surface area contributed by atoms with E-state index in [-0.39, 0.29) is 68.0 Å². The maximum Gasteiger partial charge on any atom is 0.319 e. The van der Waals surface area contributed by atoms with Crippen LogP contribution in [0.3, 0.4) is 0 Å². The zero-order valence-electron chi connectivity index (χ0n) is 62.4. The number of aryl methyl sites for hydroxylation is 4. The summed E-state index contributed by atoms with van der Waals surface area (Å²) < 4.78 is 116. The first-order valence-corrected chi connectivity index (χ1v) is 39.5. The third-order valence-electron chi connectivity index (χ3n) is 16.9. The van der Waals surface area contributed by atoms with Crippen LogP contribution in [-0.2, 0) is 39.7 Å². The average Bonchev–Trinajstić information content (AvgIpc) is 1.47. The molecule has 11 rings (SSSR count). The first kappa shape index (κ1) is 81.7. The minimum Gasteiger partial charge on any atom is -0.507 e. The fourth-order valence-electron chi connectivity index (χ4n) is 11.0. The Morgan fingerprint density at radius 3 is 1.94 bits per heavy atom. The monoisotopic (exact) mass is 1560 g/mol. The van der Waals surface area contributed by atoms with Crippen molar-refractivity contribution in [3.8, 4) is 63.3 Å². The molecule has 1 aliphatic rings. The lowest BCUT2D eigenvalue weighted by atomic mass is 9.93. The molecule has 1 atom stereocenters. The lowest BCUT2D eigenvalue weighted by molar-refractivity contribution is -0.138. The summed E-state index contributed by atoms with van der Waals surface area (Å²) in [5.74, 6) is 1.87. The number of fused-ring (bicyclic) bond motifs is 1. The molecule has 33 heteroatoms. The Balaban J connectivity index is 0.000000207. The van der Waals surface area contributed by atoms with Crippen LogP contribution in [0.5, 0.6) is 51.9 Å². The van der Waals surface area contributed by atoms with Gasteiger partial charge in [0.05, 0.1) is 61.7 Å². The lowest BCUT2D eigenvalue weighted by Crippen LogP contribution is -2.43. The van der Waals surface area contributed by atoms with E-state index in [1.54, 1.807) is 117 Å². The molecule has 30 nitrogen and oxygen atoms in total. The van der Waals surface area contributed by atoms with Gasteiger partial charge >= 0.3 is 6.03 Å². The van der Waals surface area contributed by atoms with E-state index in [0.29, 0.717) is 82.9 Å². The molecule has 1 fully saturated rings. The van der Waals surface area contributed by atoms with Crippen molar-refractivity contribution in [3.63, 3.8) is 0 Å². The van der Waals surface area contributed by atoms with Crippen molar-refractivity contribution in [2.45, 2.75) is 71.3 Å². The number of ketones is 1. The van der Waals surface area contributed by atoms with Gasteiger partial charge < -0.3 is 59.7 Å². The highest BCUT2D eigenvalue weighted by Crippen LogP contribution is 2.51.